The number of benzene rings is 1. The van der Waals surface area contributed by atoms with Gasteiger partial charge in [0.05, 0.1) is 13.2 Å². The van der Waals surface area contributed by atoms with E-state index in [4.69, 9.17) is 4.74 Å². The third-order valence-corrected chi connectivity index (χ3v) is 3.49. The number of hydrogen-bond donors (Lipinski definition) is 1. The number of aliphatic hydroxyl groups excluding tert-OH is 1. The van der Waals surface area contributed by atoms with Gasteiger partial charge in [0.25, 0.3) is 0 Å². The third-order valence-electron chi connectivity index (χ3n) is 3.49. The molecule has 1 aliphatic carbocycles. The minimum absolute atomic E-state index is 0.176. The van der Waals surface area contributed by atoms with Gasteiger partial charge in [0.1, 0.15) is 0 Å². The molecule has 0 spiro atoms. The van der Waals surface area contributed by atoms with E-state index in [1.165, 1.54) is 13.2 Å². The number of halogens is 1. The van der Waals surface area contributed by atoms with E-state index in [1.807, 2.05) is 0 Å². The van der Waals surface area contributed by atoms with E-state index in [9.17, 15) is 9.50 Å². The van der Waals surface area contributed by atoms with Crippen LogP contribution in [-0.2, 0) is 0 Å². The molecule has 2 rings (SSSR count). The molecule has 1 N–H and O–H groups in total. The predicted molar refractivity (Wildman–Crippen MR) is 59.8 cm³/mol. The van der Waals surface area contributed by atoms with Gasteiger partial charge in [-0.1, -0.05) is 19.9 Å². The van der Waals surface area contributed by atoms with Crippen molar-refractivity contribution in [2.24, 2.45) is 11.3 Å². The summed E-state index contributed by atoms with van der Waals surface area (Å²) >= 11 is 0. The van der Waals surface area contributed by atoms with Gasteiger partial charge in [0.15, 0.2) is 11.6 Å². The lowest BCUT2D eigenvalue weighted by Gasteiger charge is -2.13. The Morgan fingerprint density at radius 1 is 1.50 bits per heavy atom. The molecule has 16 heavy (non-hydrogen) atoms. The quantitative estimate of drug-likeness (QED) is 0.855. The first-order valence-corrected chi connectivity index (χ1v) is 5.47. The highest BCUT2D eigenvalue weighted by Crippen LogP contribution is 2.57. The van der Waals surface area contributed by atoms with E-state index < -0.39 is 11.9 Å². The number of ether oxygens (including phenoxy) is 1. The predicted octanol–water partition coefficient (Wildman–Crippen LogP) is 2.91. The summed E-state index contributed by atoms with van der Waals surface area (Å²) in [6.07, 6.45) is 0.414. The molecule has 1 fully saturated rings. The second-order valence-corrected chi connectivity index (χ2v) is 5.14. The molecule has 3 heteroatoms. The Morgan fingerprint density at radius 3 is 2.56 bits per heavy atom. The molecule has 2 atom stereocenters. The lowest BCUT2D eigenvalue weighted by molar-refractivity contribution is 0.138. The summed E-state index contributed by atoms with van der Waals surface area (Å²) in [4.78, 5) is 0. The van der Waals surface area contributed by atoms with Crippen LogP contribution in [0.3, 0.4) is 0 Å². The van der Waals surface area contributed by atoms with Crippen LogP contribution in [0.15, 0.2) is 18.2 Å². The van der Waals surface area contributed by atoms with Crippen LogP contribution in [0.1, 0.15) is 31.9 Å². The van der Waals surface area contributed by atoms with Gasteiger partial charge < -0.3 is 9.84 Å². The SMILES string of the molecule is COc1ccc(C(O)C2CC2(C)C)cc1F. The van der Waals surface area contributed by atoms with Gasteiger partial charge in [-0.15, -0.1) is 0 Å². The minimum Gasteiger partial charge on any atom is -0.494 e. The van der Waals surface area contributed by atoms with Crippen molar-refractivity contribution in [3.8, 4) is 5.75 Å². The van der Waals surface area contributed by atoms with Crippen molar-refractivity contribution in [1.29, 1.82) is 0 Å². The molecular formula is C13H17FO2. The molecule has 0 bridgehead atoms. The van der Waals surface area contributed by atoms with Gasteiger partial charge >= 0.3 is 0 Å². The smallest absolute Gasteiger partial charge is 0.165 e. The van der Waals surface area contributed by atoms with E-state index >= 15 is 0 Å². The lowest BCUT2D eigenvalue weighted by Crippen LogP contribution is -2.05. The number of aliphatic hydroxyl groups is 1. The average molecular weight is 224 g/mol. The Hall–Kier alpha value is -1.09. The molecule has 88 valence electrons. The van der Waals surface area contributed by atoms with Crippen molar-refractivity contribution >= 4 is 0 Å². The van der Waals surface area contributed by atoms with Gasteiger partial charge in [0.2, 0.25) is 0 Å². The summed E-state index contributed by atoms with van der Waals surface area (Å²) in [7, 11) is 1.43. The molecule has 1 aromatic rings. The van der Waals surface area contributed by atoms with Crippen LogP contribution in [0.2, 0.25) is 0 Å². The van der Waals surface area contributed by atoms with Crippen LogP contribution in [0, 0.1) is 17.2 Å². The van der Waals surface area contributed by atoms with E-state index in [-0.39, 0.29) is 17.1 Å². The van der Waals surface area contributed by atoms with Crippen LogP contribution >= 0.6 is 0 Å². The lowest BCUT2D eigenvalue weighted by atomic mass is 9.99. The van der Waals surface area contributed by atoms with Crippen LogP contribution < -0.4 is 4.74 Å². The molecule has 0 aromatic heterocycles. The summed E-state index contributed by atoms with van der Waals surface area (Å²) in [5, 5.41) is 10.1. The normalized spacial score (nSPS) is 23.9. The standard InChI is InChI=1S/C13H17FO2/c1-13(2)7-9(13)12(15)8-4-5-11(16-3)10(14)6-8/h4-6,9,12,15H,7H2,1-3H3. The zero-order valence-electron chi connectivity index (χ0n) is 9.83. The maximum Gasteiger partial charge on any atom is 0.165 e. The monoisotopic (exact) mass is 224 g/mol. The van der Waals surface area contributed by atoms with Crippen LogP contribution in [0.25, 0.3) is 0 Å². The number of hydrogen-bond acceptors (Lipinski definition) is 2. The molecule has 0 radical (unpaired) electrons. The summed E-state index contributed by atoms with van der Waals surface area (Å²) in [5.41, 5.74) is 0.810. The van der Waals surface area contributed by atoms with Crippen molar-refractivity contribution in [1.82, 2.24) is 0 Å². The molecule has 1 aromatic carbocycles. The fourth-order valence-electron chi connectivity index (χ4n) is 2.15. The fraction of sp³-hybridized carbons (Fsp3) is 0.538. The third kappa shape index (κ3) is 1.92. The van der Waals surface area contributed by atoms with Gasteiger partial charge in [0, 0.05) is 0 Å². The second-order valence-electron chi connectivity index (χ2n) is 5.14. The van der Waals surface area contributed by atoms with Gasteiger partial charge in [-0.25, -0.2) is 4.39 Å². The summed E-state index contributed by atoms with van der Waals surface area (Å²) < 4.78 is 18.3. The van der Waals surface area contributed by atoms with E-state index in [2.05, 4.69) is 13.8 Å². The van der Waals surface area contributed by atoms with Crippen molar-refractivity contribution in [2.75, 3.05) is 7.11 Å². The maximum absolute atomic E-state index is 13.5. The molecule has 0 amide bonds. The summed E-state index contributed by atoms with van der Waals surface area (Å²) in [6.45, 7) is 4.22. The first kappa shape index (κ1) is 11.4. The van der Waals surface area contributed by atoms with Gasteiger partial charge in [-0.2, -0.15) is 0 Å². The molecular weight excluding hydrogens is 207 g/mol. The molecule has 0 heterocycles. The topological polar surface area (TPSA) is 29.5 Å². The van der Waals surface area contributed by atoms with Crippen LogP contribution in [0.4, 0.5) is 4.39 Å². The molecule has 2 nitrogen and oxygen atoms in total. The Morgan fingerprint density at radius 2 is 2.12 bits per heavy atom. The highest BCUT2D eigenvalue weighted by atomic mass is 19.1. The van der Waals surface area contributed by atoms with Crippen molar-refractivity contribution < 1.29 is 14.2 Å². The Bertz CT molecular complexity index is 401. The summed E-state index contributed by atoms with van der Waals surface area (Å²) in [5.74, 6) is 0.0313. The van der Waals surface area contributed by atoms with Crippen molar-refractivity contribution in [3.63, 3.8) is 0 Å². The van der Waals surface area contributed by atoms with Gasteiger partial charge in [-0.3, -0.25) is 0 Å². The number of methoxy groups -OCH3 is 1. The molecule has 2 unspecified atom stereocenters. The fourth-order valence-corrected chi connectivity index (χ4v) is 2.15. The maximum atomic E-state index is 13.5. The van der Waals surface area contributed by atoms with Gasteiger partial charge in [-0.05, 0) is 35.4 Å². The molecule has 0 aliphatic heterocycles. The van der Waals surface area contributed by atoms with E-state index in [1.54, 1.807) is 12.1 Å². The Balaban J connectivity index is 2.19. The first-order valence-electron chi connectivity index (χ1n) is 5.47. The highest BCUT2D eigenvalue weighted by Gasteiger charge is 2.50. The van der Waals surface area contributed by atoms with Crippen LogP contribution in [0.5, 0.6) is 5.75 Å². The zero-order chi connectivity index (χ0) is 11.9. The minimum atomic E-state index is -0.574. The van der Waals surface area contributed by atoms with E-state index in [0.29, 0.717) is 5.56 Å². The molecule has 0 saturated heterocycles. The largest absolute Gasteiger partial charge is 0.494 e. The molecule has 1 saturated carbocycles. The van der Waals surface area contributed by atoms with Crippen LogP contribution in [-0.4, -0.2) is 12.2 Å². The average Bonchev–Trinajstić information content (AvgIpc) is 2.86. The van der Waals surface area contributed by atoms with Crippen molar-refractivity contribution in [2.45, 2.75) is 26.4 Å². The Labute approximate surface area is 95.1 Å². The van der Waals surface area contributed by atoms with E-state index in [0.717, 1.165) is 6.42 Å². The summed E-state index contributed by atoms with van der Waals surface area (Å²) in [6, 6.07) is 4.64. The Kier molecular flexibility index (Phi) is 2.66. The second kappa shape index (κ2) is 3.74. The highest BCUT2D eigenvalue weighted by molar-refractivity contribution is 5.31. The van der Waals surface area contributed by atoms with Crippen molar-refractivity contribution in [3.05, 3.63) is 29.6 Å². The number of rotatable bonds is 3. The first-order chi connectivity index (χ1) is 7.45. The zero-order valence-corrected chi connectivity index (χ0v) is 9.83. The molecule has 1 aliphatic rings.